The van der Waals surface area contributed by atoms with Crippen molar-refractivity contribution in [2.75, 3.05) is 18.0 Å². The molecule has 1 aromatic heterocycles. The molecule has 1 spiro atoms. The Labute approximate surface area is 142 Å². The Hall–Kier alpha value is -2.30. The van der Waals surface area contributed by atoms with Gasteiger partial charge in [0.1, 0.15) is 0 Å². The largest absolute Gasteiger partial charge is 0.338 e. The average Bonchev–Trinajstić information content (AvgIpc) is 3.34. The maximum absolute atomic E-state index is 12.7. The van der Waals surface area contributed by atoms with Crippen molar-refractivity contribution in [1.29, 1.82) is 0 Å². The smallest absolute Gasteiger partial charge is 0.321 e. The van der Waals surface area contributed by atoms with Crippen molar-refractivity contribution < 1.29 is 4.79 Å². The molecule has 4 rings (SSSR count). The number of urea groups is 1. The third kappa shape index (κ3) is 2.68. The van der Waals surface area contributed by atoms with Crippen LogP contribution >= 0.6 is 0 Å². The predicted octanol–water partition coefficient (Wildman–Crippen LogP) is 3.31. The molecule has 0 atom stereocenters. The maximum Gasteiger partial charge on any atom is 0.321 e. The second-order valence-corrected chi connectivity index (χ2v) is 6.98. The number of amides is 2. The number of carbonyl (C=O) groups excluding carboxylic acids is 1. The molecule has 2 aromatic rings. The molecule has 1 aliphatic heterocycles. The van der Waals surface area contributed by atoms with E-state index in [2.05, 4.69) is 28.5 Å². The van der Waals surface area contributed by atoms with Crippen molar-refractivity contribution in [2.45, 2.75) is 44.1 Å². The molecule has 5 heteroatoms. The predicted molar refractivity (Wildman–Crippen MR) is 94.2 cm³/mol. The molecule has 24 heavy (non-hydrogen) atoms. The number of rotatable bonds is 4. The highest BCUT2D eigenvalue weighted by Crippen LogP contribution is 2.50. The van der Waals surface area contributed by atoms with E-state index in [4.69, 9.17) is 0 Å². The Balaban J connectivity index is 1.40. The van der Waals surface area contributed by atoms with E-state index >= 15 is 0 Å². The molecule has 0 unspecified atom stereocenters. The summed E-state index contributed by atoms with van der Waals surface area (Å²) in [6.45, 7) is 2.39. The van der Waals surface area contributed by atoms with Gasteiger partial charge in [-0.05, 0) is 30.9 Å². The lowest BCUT2D eigenvalue weighted by Gasteiger charge is -2.24. The third-order valence-electron chi connectivity index (χ3n) is 5.46. The van der Waals surface area contributed by atoms with Crippen LogP contribution in [-0.4, -0.2) is 28.7 Å². The summed E-state index contributed by atoms with van der Waals surface area (Å²) in [7, 11) is 0. The summed E-state index contributed by atoms with van der Waals surface area (Å²) in [6, 6.07) is 8.48. The highest BCUT2D eigenvalue weighted by molar-refractivity contribution is 5.95. The molecule has 0 radical (unpaired) electrons. The molecule has 1 aliphatic carbocycles. The van der Waals surface area contributed by atoms with Gasteiger partial charge in [-0.15, -0.1) is 0 Å². The Kier molecular flexibility index (Phi) is 4.00. The van der Waals surface area contributed by atoms with Gasteiger partial charge in [-0.3, -0.25) is 4.90 Å². The summed E-state index contributed by atoms with van der Waals surface area (Å²) in [4.78, 5) is 18.7. The van der Waals surface area contributed by atoms with Gasteiger partial charge in [0.15, 0.2) is 0 Å². The number of aromatic nitrogens is 2. The van der Waals surface area contributed by atoms with E-state index in [9.17, 15) is 4.79 Å². The summed E-state index contributed by atoms with van der Waals surface area (Å²) < 4.78 is 2.03. The van der Waals surface area contributed by atoms with Crippen molar-refractivity contribution in [1.82, 2.24) is 14.9 Å². The number of carbonyl (C=O) groups is 1. The molecule has 1 saturated carbocycles. The lowest BCUT2D eigenvalue weighted by Crippen LogP contribution is -2.42. The molecule has 2 aliphatic rings. The first-order valence-corrected chi connectivity index (χ1v) is 8.89. The van der Waals surface area contributed by atoms with Gasteiger partial charge >= 0.3 is 6.03 Å². The van der Waals surface area contributed by atoms with Crippen LogP contribution in [0.1, 0.15) is 37.7 Å². The highest BCUT2D eigenvalue weighted by Gasteiger charge is 2.45. The Bertz CT molecular complexity index is 704. The monoisotopic (exact) mass is 324 g/mol. The lowest BCUT2D eigenvalue weighted by atomic mass is 9.81. The zero-order valence-corrected chi connectivity index (χ0v) is 13.9. The zero-order valence-electron chi connectivity index (χ0n) is 13.9. The molecule has 5 nitrogen and oxygen atoms in total. The van der Waals surface area contributed by atoms with Gasteiger partial charge in [-0.1, -0.05) is 31.0 Å². The van der Waals surface area contributed by atoms with Crippen molar-refractivity contribution in [2.24, 2.45) is 0 Å². The fourth-order valence-electron chi connectivity index (χ4n) is 4.26. The van der Waals surface area contributed by atoms with Crippen LogP contribution in [0.3, 0.4) is 0 Å². The summed E-state index contributed by atoms with van der Waals surface area (Å²) in [5.41, 5.74) is 2.67. The van der Waals surface area contributed by atoms with Crippen LogP contribution in [0.15, 0.2) is 43.0 Å². The summed E-state index contributed by atoms with van der Waals surface area (Å²) >= 11 is 0. The van der Waals surface area contributed by atoms with Crippen LogP contribution in [0.25, 0.3) is 0 Å². The van der Waals surface area contributed by atoms with Crippen LogP contribution in [-0.2, 0) is 12.0 Å². The van der Waals surface area contributed by atoms with E-state index in [1.165, 1.54) is 31.2 Å². The molecular weight excluding hydrogens is 300 g/mol. The fraction of sp³-hybridized carbons (Fsp3) is 0.474. The van der Waals surface area contributed by atoms with E-state index < -0.39 is 0 Å². The zero-order chi connectivity index (χ0) is 16.4. The van der Waals surface area contributed by atoms with Crippen molar-refractivity contribution in [3.05, 3.63) is 48.5 Å². The van der Waals surface area contributed by atoms with E-state index in [0.717, 1.165) is 25.2 Å². The standard InChI is InChI=1S/C19H24N4O/c24-18(21-10-5-12-22-13-11-20-15-22)23-14-19(8-3-4-9-19)16-6-1-2-7-17(16)23/h1-2,6-7,11,13,15H,3-5,8-10,12,14H2,(H,21,24). The topological polar surface area (TPSA) is 50.2 Å². The molecule has 126 valence electrons. The molecule has 1 aromatic carbocycles. The van der Waals surface area contributed by atoms with Crippen LogP contribution in [0.4, 0.5) is 10.5 Å². The number of aryl methyl sites for hydroxylation is 1. The molecule has 2 heterocycles. The molecule has 0 saturated heterocycles. The van der Waals surface area contributed by atoms with Crippen molar-refractivity contribution >= 4 is 11.7 Å². The van der Waals surface area contributed by atoms with Gasteiger partial charge < -0.3 is 9.88 Å². The Morgan fingerprint density at radius 3 is 2.88 bits per heavy atom. The van der Waals surface area contributed by atoms with Gasteiger partial charge in [0, 0.05) is 43.1 Å². The van der Waals surface area contributed by atoms with E-state index in [1.807, 2.05) is 28.1 Å². The molecule has 0 bridgehead atoms. The molecule has 1 N–H and O–H groups in total. The number of nitrogens with zero attached hydrogens (tertiary/aromatic N) is 3. The lowest BCUT2D eigenvalue weighted by molar-refractivity contribution is 0.245. The molecular formula is C19H24N4O. The first-order valence-electron chi connectivity index (χ1n) is 8.89. The SMILES string of the molecule is O=C(NCCCn1ccnc1)N1CC2(CCCC2)c2ccccc21. The second-order valence-electron chi connectivity index (χ2n) is 6.98. The molecule has 2 amide bonds. The Morgan fingerprint density at radius 2 is 2.08 bits per heavy atom. The van der Waals surface area contributed by atoms with Crippen molar-refractivity contribution in [3.8, 4) is 0 Å². The minimum absolute atomic E-state index is 0.0388. The van der Waals surface area contributed by atoms with Crippen LogP contribution < -0.4 is 10.2 Å². The number of nitrogens with one attached hydrogen (secondary N) is 1. The summed E-state index contributed by atoms with van der Waals surface area (Å²) in [5, 5.41) is 3.09. The van der Waals surface area contributed by atoms with Gasteiger partial charge in [-0.25, -0.2) is 9.78 Å². The number of imidazole rings is 1. The van der Waals surface area contributed by atoms with Crippen LogP contribution in [0, 0.1) is 0 Å². The number of hydrogen-bond acceptors (Lipinski definition) is 2. The van der Waals surface area contributed by atoms with Gasteiger partial charge in [0.2, 0.25) is 0 Å². The minimum Gasteiger partial charge on any atom is -0.338 e. The first kappa shape index (κ1) is 15.2. The number of para-hydroxylation sites is 1. The fourth-order valence-corrected chi connectivity index (χ4v) is 4.26. The van der Waals surface area contributed by atoms with E-state index in [0.29, 0.717) is 6.54 Å². The first-order chi connectivity index (χ1) is 11.8. The number of benzene rings is 1. The summed E-state index contributed by atoms with van der Waals surface area (Å²) in [5.74, 6) is 0. The normalized spacial score (nSPS) is 18.1. The maximum atomic E-state index is 12.7. The van der Waals surface area contributed by atoms with E-state index in [1.54, 1.807) is 6.20 Å². The van der Waals surface area contributed by atoms with Crippen LogP contribution in [0.5, 0.6) is 0 Å². The quantitative estimate of drug-likeness (QED) is 0.877. The van der Waals surface area contributed by atoms with Gasteiger partial charge in [0.25, 0.3) is 0 Å². The van der Waals surface area contributed by atoms with Gasteiger partial charge in [-0.2, -0.15) is 0 Å². The van der Waals surface area contributed by atoms with E-state index in [-0.39, 0.29) is 11.4 Å². The van der Waals surface area contributed by atoms with Gasteiger partial charge in [0.05, 0.1) is 6.33 Å². The third-order valence-corrected chi connectivity index (χ3v) is 5.46. The summed E-state index contributed by atoms with van der Waals surface area (Å²) in [6.07, 6.45) is 11.4. The number of hydrogen-bond donors (Lipinski definition) is 1. The highest BCUT2D eigenvalue weighted by atomic mass is 16.2. The molecule has 1 fully saturated rings. The minimum atomic E-state index is 0.0388. The Morgan fingerprint density at radius 1 is 1.25 bits per heavy atom. The number of fused-ring (bicyclic) bond motifs is 2. The second kappa shape index (κ2) is 6.30. The number of anilines is 1. The average molecular weight is 324 g/mol. The van der Waals surface area contributed by atoms with Crippen molar-refractivity contribution in [3.63, 3.8) is 0 Å². The van der Waals surface area contributed by atoms with Crippen LogP contribution in [0.2, 0.25) is 0 Å².